The lowest BCUT2D eigenvalue weighted by Crippen LogP contribution is -2.63. The van der Waals surface area contributed by atoms with Gasteiger partial charge in [0.15, 0.2) is 6.29 Å². The van der Waals surface area contributed by atoms with E-state index in [4.69, 9.17) is 32.2 Å². The molecule has 0 aliphatic carbocycles. The monoisotopic (exact) mass is 411 g/mol. The summed E-state index contributed by atoms with van der Waals surface area (Å²) in [6.07, 6.45) is -0.800. The van der Waals surface area contributed by atoms with Gasteiger partial charge in [-0.1, -0.05) is 6.92 Å². The number of methoxy groups -OCH3 is 1. The molecule has 0 saturated heterocycles. The molecule has 0 bridgehead atoms. The van der Waals surface area contributed by atoms with Crippen molar-refractivity contribution in [2.45, 2.75) is 72.8 Å². The Morgan fingerprint density at radius 2 is 1.52 bits per heavy atom. The Labute approximate surface area is 164 Å². The zero-order valence-corrected chi connectivity index (χ0v) is 19.0. The molecule has 0 saturated carbocycles. The summed E-state index contributed by atoms with van der Waals surface area (Å²) in [6, 6.07) is 0. The second kappa shape index (κ2) is 13.4. The van der Waals surface area contributed by atoms with Gasteiger partial charge >= 0.3 is 20.9 Å². The summed E-state index contributed by atoms with van der Waals surface area (Å²) in [6.45, 7) is 14.2. The average molecular weight is 412 g/mol. The summed E-state index contributed by atoms with van der Waals surface area (Å²) >= 11 is 0. The normalized spacial score (nSPS) is 16.4. The van der Waals surface area contributed by atoms with E-state index in [9.17, 15) is 4.79 Å². The number of carbonyl (C=O) groups is 1. The summed E-state index contributed by atoms with van der Waals surface area (Å²) in [7, 11) is -1.76. The number of carbonyl (C=O) groups excluding carboxylic acids is 1. The summed E-state index contributed by atoms with van der Waals surface area (Å²) < 4.78 is 39.0. The fourth-order valence-electron chi connectivity index (χ4n) is 2.49. The quantitative estimate of drug-likeness (QED) is 0.325. The van der Waals surface area contributed by atoms with Crippen LogP contribution in [0.2, 0.25) is 0 Å². The highest BCUT2D eigenvalue weighted by atomic mass is 28.4. The zero-order valence-electron chi connectivity index (χ0n) is 18.0. The van der Waals surface area contributed by atoms with Crippen molar-refractivity contribution in [1.82, 2.24) is 5.32 Å². The fraction of sp³-hybridized carbons (Fsp3) is 0.941. The van der Waals surface area contributed by atoms with Crippen LogP contribution in [0.4, 0.5) is 4.79 Å². The Balaban J connectivity index is 5.20. The Hall–Kier alpha value is -0.753. The summed E-state index contributed by atoms with van der Waals surface area (Å²) in [4.78, 5) is 12.5. The SMILES string of the molecule is CCOC(C)OC(C)(OC)OC(=O)NC(CC)[Si](OCC)(OCC)OCC. The second-order valence-electron chi connectivity index (χ2n) is 5.60. The third kappa shape index (κ3) is 8.86. The third-order valence-electron chi connectivity index (χ3n) is 3.59. The van der Waals surface area contributed by atoms with Crippen molar-refractivity contribution in [2.24, 2.45) is 0 Å². The molecule has 9 nitrogen and oxygen atoms in total. The molecule has 3 unspecified atom stereocenters. The van der Waals surface area contributed by atoms with Gasteiger partial charge in [-0.2, -0.15) is 0 Å². The number of nitrogens with one attached hydrogen (secondary N) is 1. The van der Waals surface area contributed by atoms with Gasteiger partial charge in [-0.25, -0.2) is 4.79 Å². The van der Waals surface area contributed by atoms with E-state index in [1.54, 1.807) is 6.92 Å². The third-order valence-corrected chi connectivity index (χ3v) is 7.07. The van der Waals surface area contributed by atoms with Crippen molar-refractivity contribution in [3.8, 4) is 0 Å². The minimum Gasteiger partial charge on any atom is -0.391 e. The van der Waals surface area contributed by atoms with Gasteiger partial charge in [0.2, 0.25) is 0 Å². The van der Waals surface area contributed by atoms with E-state index < -0.39 is 32.8 Å². The predicted molar refractivity (Wildman–Crippen MR) is 102 cm³/mol. The van der Waals surface area contributed by atoms with Crippen LogP contribution < -0.4 is 5.32 Å². The molecule has 0 aromatic carbocycles. The van der Waals surface area contributed by atoms with E-state index in [2.05, 4.69) is 5.32 Å². The lowest BCUT2D eigenvalue weighted by Gasteiger charge is -2.36. The number of alkyl carbamates (subject to hydrolysis) is 1. The fourth-order valence-corrected chi connectivity index (χ4v) is 5.35. The zero-order chi connectivity index (χ0) is 20.9. The maximum Gasteiger partial charge on any atom is 0.524 e. The number of ether oxygens (including phenoxy) is 4. The minimum atomic E-state index is -3.14. The van der Waals surface area contributed by atoms with Crippen LogP contribution in [0, 0.1) is 0 Å². The molecule has 0 heterocycles. The highest BCUT2D eigenvalue weighted by Gasteiger charge is 2.50. The molecule has 162 valence electrons. The van der Waals surface area contributed by atoms with Gasteiger partial charge in [0.25, 0.3) is 0 Å². The predicted octanol–water partition coefficient (Wildman–Crippen LogP) is 2.80. The van der Waals surface area contributed by atoms with Crippen molar-refractivity contribution in [1.29, 1.82) is 0 Å². The lowest BCUT2D eigenvalue weighted by atomic mass is 10.5. The maximum atomic E-state index is 12.5. The summed E-state index contributed by atoms with van der Waals surface area (Å²) in [5, 5.41) is 2.78. The lowest BCUT2D eigenvalue weighted by molar-refractivity contribution is -0.378. The van der Waals surface area contributed by atoms with E-state index in [0.717, 1.165) is 0 Å². The van der Waals surface area contributed by atoms with Crippen molar-refractivity contribution >= 4 is 14.9 Å². The molecule has 0 aromatic heterocycles. The average Bonchev–Trinajstić information content (AvgIpc) is 2.60. The molecule has 0 aliphatic rings. The van der Waals surface area contributed by atoms with Gasteiger partial charge in [0, 0.05) is 40.5 Å². The van der Waals surface area contributed by atoms with Crippen molar-refractivity contribution in [3.63, 3.8) is 0 Å². The van der Waals surface area contributed by atoms with Gasteiger partial charge in [-0.05, 0) is 41.0 Å². The molecule has 1 amide bonds. The Kier molecular flexibility index (Phi) is 13.1. The smallest absolute Gasteiger partial charge is 0.391 e. The topological polar surface area (TPSA) is 93.7 Å². The maximum absolute atomic E-state index is 12.5. The van der Waals surface area contributed by atoms with E-state index in [-0.39, 0.29) is 0 Å². The van der Waals surface area contributed by atoms with Crippen LogP contribution in [0.3, 0.4) is 0 Å². The molecule has 0 fully saturated rings. The molecule has 3 atom stereocenters. The molecule has 1 N–H and O–H groups in total. The molecule has 0 spiro atoms. The van der Waals surface area contributed by atoms with Crippen LogP contribution in [-0.4, -0.2) is 66.4 Å². The standard InChI is InChI=1S/C17H37NO8Si/c1-9-15(27(22-11-3,23-12-4)24-13-5)18-16(19)26-17(7,20-8)25-14(6)21-10-2/h14-15H,9-13H2,1-8H3,(H,18,19). The van der Waals surface area contributed by atoms with Crippen LogP contribution in [0.1, 0.15) is 54.9 Å². The molecule has 0 rings (SSSR count). The number of hydrogen-bond acceptors (Lipinski definition) is 8. The number of rotatable bonds is 15. The van der Waals surface area contributed by atoms with E-state index in [0.29, 0.717) is 32.8 Å². The minimum absolute atomic E-state index is 0.407. The molecule has 0 aliphatic heterocycles. The molecule has 0 aromatic rings. The Morgan fingerprint density at radius 3 is 1.89 bits per heavy atom. The summed E-state index contributed by atoms with van der Waals surface area (Å²) in [5.41, 5.74) is -0.477. The first-order valence-corrected chi connectivity index (χ1v) is 11.3. The second-order valence-corrected chi connectivity index (χ2v) is 8.37. The Morgan fingerprint density at radius 1 is 1.00 bits per heavy atom. The van der Waals surface area contributed by atoms with Crippen molar-refractivity contribution in [2.75, 3.05) is 33.5 Å². The molecular weight excluding hydrogens is 374 g/mol. The van der Waals surface area contributed by atoms with Crippen LogP contribution >= 0.6 is 0 Å². The van der Waals surface area contributed by atoms with Gasteiger partial charge in [-0.15, -0.1) is 0 Å². The van der Waals surface area contributed by atoms with E-state index >= 15 is 0 Å². The van der Waals surface area contributed by atoms with Crippen LogP contribution in [0.5, 0.6) is 0 Å². The van der Waals surface area contributed by atoms with E-state index in [1.165, 1.54) is 14.0 Å². The van der Waals surface area contributed by atoms with Crippen LogP contribution in [-0.2, 0) is 32.2 Å². The molecule has 27 heavy (non-hydrogen) atoms. The first kappa shape index (κ1) is 26.2. The highest BCUT2D eigenvalue weighted by molar-refractivity contribution is 6.62. The molecular formula is C17H37NO8Si. The Bertz CT molecular complexity index is 397. The van der Waals surface area contributed by atoms with Crippen LogP contribution in [0.25, 0.3) is 0 Å². The highest BCUT2D eigenvalue weighted by Crippen LogP contribution is 2.20. The summed E-state index contributed by atoms with van der Waals surface area (Å²) in [5.74, 6) is -1.61. The number of amides is 1. The molecule has 0 radical (unpaired) electrons. The van der Waals surface area contributed by atoms with Gasteiger partial charge < -0.3 is 32.8 Å². The van der Waals surface area contributed by atoms with Gasteiger partial charge in [-0.3, -0.25) is 4.74 Å². The van der Waals surface area contributed by atoms with Gasteiger partial charge in [0.1, 0.15) is 5.67 Å². The molecule has 10 heteroatoms. The first-order valence-electron chi connectivity index (χ1n) is 9.52. The van der Waals surface area contributed by atoms with Gasteiger partial charge in [0.05, 0.1) is 0 Å². The van der Waals surface area contributed by atoms with Crippen molar-refractivity contribution in [3.05, 3.63) is 0 Å². The van der Waals surface area contributed by atoms with Crippen LogP contribution in [0.15, 0.2) is 0 Å². The largest absolute Gasteiger partial charge is 0.524 e. The van der Waals surface area contributed by atoms with Crippen molar-refractivity contribution < 1.29 is 37.0 Å². The van der Waals surface area contributed by atoms with E-state index in [1.807, 2.05) is 34.6 Å². The number of hydrogen-bond donors (Lipinski definition) is 1. The first-order chi connectivity index (χ1) is 12.8.